The number of benzene rings is 1. The number of hydrogen-bond donors (Lipinski definition) is 1. The van der Waals surface area contributed by atoms with Crippen LogP contribution in [0.4, 0.5) is 5.69 Å². The second kappa shape index (κ2) is 8.54. The number of piperidine rings is 1. The summed E-state index contributed by atoms with van der Waals surface area (Å²) in [6, 6.07) is 11.1. The summed E-state index contributed by atoms with van der Waals surface area (Å²) in [5.41, 5.74) is 1.90. The van der Waals surface area contributed by atoms with E-state index < -0.39 is 10.0 Å². The molecule has 1 aromatic carbocycles. The monoisotopic (exact) mass is 406 g/mol. The quantitative estimate of drug-likeness (QED) is 0.781. The molecule has 1 amide bonds. The SMILES string of the molecule is CC(C)c1ccccc1NC(=O)Cc1ccc(S(=O)(=O)N2CCCCC2)s1. The van der Waals surface area contributed by atoms with E-state index in [1.54, 1.807) is 16.4 Å². The summed E-state index contributed by atoms with van der Waals surface area (Å²) < 4.78 is 27.4. The van der Waals surface area contributed by atoms with Crippen LogP contribution in [0.3, 0.4) is 0 Å². The summed E-state index contributed by atoms with van der Waals surface area (Å²) in [7, 11) is -3.43. The van der Waals surface area contributed by atoms with E-state index in [-0.39, 0.29) is 12.3 Å². The van der Waals surface area contributed by atoms with Crippen molar-refractivity contribution in [1.82, 2.24) is 4.31 Å². The van der Waals surface area contributed by atoms with Gasteiger partial charge in [-0.15, -0.1) is 11.3 Å². The second-order valence-electron chi connectivity index (χ2n) is 7.15. The maximum absolute atomic E-state index is 12.7. The summed E-state index contributed by atoms with van der Waals surface area (Å²) in [4.78, 5) is 13.2. The number of nitrogens with one attached hydrogen (secondary N) is 1. The molecule has 0 radical (unpaired) electrons. The minimum atomic E-state index is -3.43. The summed E-state index contributed by atoms with van der Waals surface area (Å²) in [5.74, 6) is 0.177. The first kappa shape index (κ1) is 20.0. The van der Waals surface area contributed by atoms with Crippen LogP contribution in [0.2, 0.25) is 0 Å². The topological polar surface area (TPSA) is 66.5 Å². The van der Waals surface area contributed by atoms with Gasteiger partial charge in [0.05, 0.1) is 6.42 Å². The van der Waals surface area contributed by atoms with Gasteiger partial charge in [0, 0.05) is 23.7 Å². The Balaban J connectivity index is 1.68. The highest BCUT2D eigenvalue weighted by Gasteiger charge is 2.27. The zero-order valence-corrected chi connectivity index (χ0v) is 17.4. The highest BCUT2D eigenvalue weighted by atomic mass is 32.2. The van der Waals surface area contributed by atoms with E-state index in [1.165, 1.54) is 11.3 Å². The first-order valence-corrected chi connectivity index (χ1v) is 11.6. The molecular weight excluding hydrogens is 380 g/mol. The highest BCUT2D eigenvalue weighted by Crippen LogP contribution is 2.28. The lowest BCUT2D eigenvalue weighted by atomic mass is 10.0. The molecule has 1 aliphatic heterocycles. The highest BCUT2D eigenvalue weighted by molar-refractivity contribution is 7.91. The molecule has 0 aliphatic carbocycles. The average Bonchev–Trinajstić information content (AvgIpc) is 3.12. The van der Waals surface area contributed by atoms with Gasteiger partial charge in [-0.1, -0.05) is 38.5 Å². The van der Waals surface area contributed by atoms with Gasteiger partial charge < -0.3 is 5.32 Å². The van der Waals surface area contributed by atoms with Crippen LogP contribution in [-0.4, -0.2) is 31.7 Å². The van der Waals surface area contributed by atoms with Gasteiger partial charge in [-0.3, -0.25) is 4.79 Å². The van der Waals surface area contributed by atoms with E-state index in [4.69, 9.17) is 0 Å². The van der Waals surface area contributed by atoms with E-state index >= 15 is 0 Å². The molecule has 1 saturated heterocycles. The fourth-order valence-corrected chi connectivity index (χ4v) is 6.32. The molecule has 2 heterocycles. The van der Waals surface area contributed by atoms with Gasteiger partial charge in [-0.05, 0) is 42.5 Å². The van der Waals surface area contributed by atoms with Gasteiger partial charge in [0.25, 0.3) is 10.0 Å². The zero-order valence-electron chi connectivity index (χ0n) is 15.8. The Kier molecular flexibility index (Phi) is 6.34. The van der Waals surface area contributed by atoms with Crippen molar-refractivity contribution in [3.8, 4) is 0 Å². The van der Waals surface area contributed by atoms with Crippen molar-refractivity contribution in [2.45, 2.75) is 49.7 Å². The number of para-hydroxylation sites is 1. The Morgan fingerprint density at radius 2 is 1.81 bits per heavy atom. The van der Waals surface area contributed by atoms with E-state index in [0.717, 1.165) is 35.4 Å². The predicted octanol–water partition coefficient (Wildman–Crippen LogP) is 4.23. The smallest absolute Gasteiger partial charge is 0.252 e. The molecule has 0 unspecified atom stereocenters. The Morgan fingerprint density at radius 1 is 1.11 bits per heavy atom. The van der Waals surface area contributed by atoms with Gasteiger partial charge in [-0.25, -0.2) is 8.42 Å². The minimum Gasteiger partial charge on any atom is -0.326 e. The fourth-order valence-electron chi connectivity index (χ4n) is 3.29. The molecule has 3 rings (SSSR count). The lowest BCUT2D eigenvalue weighted by molar-refractivity contribution is -0.115. The molecule has 5 nitrogen and oxygen atoms in total. The number of carbonyl (C=O) groups is 1. The molecule has 146 valence electrons. The molecule has 0 bridgehead atoms. The van der Waals surface area contributed by atoms with Crippen molar-refractivity contribution in [3.63, 3.8) is 0 Å². The normalized spacial score (nSPS) is 15.8. The molecule has 0 spiro atoms. The van der Waals surface area contributed by atoms with Crippen molar-refractivity contribution in [1.29, 1.82) is 0 Å². The van der Waals surface area contributed by atoms with Gasteiger partial charge in [0.15, 0.2) is 0 Å². The van der Waals surface area contributed by atoms with Crippen LogP contribution in [0.1, 0.15) is 49.5 Å². The molecule has 27 heavy (non-hydrogen) atoms. The van der Waals surface area contributed by atoms with Crippen LogP contribution in [0.25, 0.3) is 0 Å². The first-order chi connectivity index (χ1) is 12.9. The number of nitrogens with zero attached hydrogens (tertiary/aromatic N) is 1. The van der Waals surface area contributed by atoms with Crippen molar-refractivity contribution >= 4 is 33.0 Å². The van der Waals surface area contributed by atoms with Gasteiger partial charge in [0.1, 0.15) is 4.21 Å². The Labute approximate surface area is 165 Å². The standard InChI is InChI=1S/C20H26N2O3S2/c1-15(2)17-8-4-5-9-18(17)21-19(23)14-16-10-11-20(26-16)27(24,25)22-12-6-3-7-13-22/h4-5,8-11,15H,3,6-7,12-14H2,1-2H3,(H,21,23). The van der Waals surface area contributed by atoms with Crippen LogP contribution < -0.4 is 5.32 Å². The third kappa shape index (κ3) is 4.78. The molecule has 7 heteroatoms. The predicted molar refractivity (Wildman–Crippen MR) is 110 cm³/mol. The Hall–Kier alpha value is -1.70. The molecule has 1 N–H and O–H groups in total. The molecule has 2 aromatic rings. The maximum atomic E-state index is 12.7. The number of anilines is 1. The van der Waals surface area contributed by atoms with Crippen molar-refractivity contribution in [3.05, 3.63) is 46.8 Å². The van der Waals surface area contributed by atoms with E-state index in [0.29, 0.717) is 23.2 Å². The van der Waals surface area contributed by atoms with Crippen LogP contribution in [-0.2, 0) is 21.2 Å². The Morgan fingerprint density at radius 3 is 2.52 bits per heavy atom. The summed E-state index contributed by atoms with van der Waals surface area (Å²) in [5, 5.41) is 2.96. The average molecular weight is 407 g/mol. The number of thiophene rings is 1. The molecule has 1 aromatic heterocycles. The second-order valence-corrected chi connectivity index (χ2v) is 10.5. The molecule has 1 fully saturated rings. The van der Waals surface area contributed by atoms with Crippen LogP contribution in [0.15, 0.2) is 40.6 Å². The van der Waals surface area contributed by atoms with Crippen molar-refractivity contribution in [2.24, 2.45) is 0 Å². The molecular formula is C20H26N2O3S2. The van der Waals surface area contributed by atoms with Crippen molar-refractivity contribution < 1.29 is 13.2 Å². The van der Waals surface area contributed by atoms with E-state index in [2.05, 4.69) is 19.2 Å². The number of amides is 1. The summed E-state index contributed by atoms with van der Waals surface area (Å²) in [6.07, 6.45) is 3.08. The van der Waals surface area contributed by atoms with Gasteiger partial charge in [0.2, 0.25) is 5.91 Å². The number of hydrogen-bond acceptors (Lipinski definition) is 4. The maximum Gasteiger partial charge on any atom is 0.252 e. The summed E-state index contributed by atoms with van der Waals surface area (Å²) in [6.45, 7) is 5.34. The number of rotatable bonds is 6. The largest absolute Gasteiger partial charge is 0.326 e. The lowest BCUT2D eigenvalue weighted by Crippen LogP contribution is -2.35. The Bertz CT molecular complexity index is 897. The fraction of sp³-hybridized carbons (Fsp3) is 0.450. The third-order valence-electron chi connectivity index (χ3n) is 4.74. The lowest BCUT2D eigenvalue weighted by Gasteiger charge is -2.25. The van der Waals surface area contributed by atoms with Gasteiger partial charge >= 0.3 is 0 Å². The molecule has 0 saturated carbocycles. The third-order valence-corrected chi connectivity index (χ3v) is 8.19. The number of sulfonamides is 1. The van der Waals surface area contributed by atoms with E-state index in [1.807, 2.05) is 24.3 Å². The van der Waals surface area contributed by atoms with Crippen LogP contribution in [0, 0.1) is 0 Å². The first-order valence-electron chi connectivity index (χ1n) is 9.35. The van der Waals surface area contributed by atoms with Crippen molar-refractivity contribution in [2.75, 3.05) is 18.4 Å². The molecule has 0 atom stereocenters. The van der Waals surface area contributed by atoms with Crippen LogP contribution >= 0.6 is 11.3 Å². The summed E-state index contributed by atoms with van der Waals surface area (Å²) >= 11 is 1.19. The molecule has 1 aliphatic rings. The van der Waals surface area contributed by atoms with Gasteiger partial charge in [-0.2, -0.15) is 4.31 Å². The number of carbonyl (C=O) groups excluding carboxylic acids is 1. The minimum absolute atomic E-state index is 0.133. The van der Waals surface area contributed by atoms with Crippen LogP contribution in [0.5, 0.6) is 0 Å². The van der Waals surface area contributed by atoms with E-state index in [9.17, 15) is 13.2 Å². The zero-order chi connectivity index (χ0) is 19.4.